The monoisotopic (exact) mass is 372 g/mol. The molecule has 1 fully saturated rings. The van der Waals surface area contributed by atoms with Crippen molar-refractivity contribution in [1.29, 1.82) is 0 Å². The zero-order chi connectivity index (χ0) is 18.1. The molecular weight excluding hydrogens is 352 g/mol. The maximum atomic E-state index is 10.3. The summed E-state index contributed by atoms with van der Waals surface area (Å²) in [5, 5.41) is 10.5. The van der Waals surface area contributed by atoms with Gasteiger partial charge in [0.25, 0.3) is 6.01 Å². The maximum Gasteiger partial charge on any atom is 0.296 e. The van der Waals surface area contributed by atoms with Crippen molar-refractivity contribution in [2.45, 2.75) is 6.54 Å². The van der Waals surface area contributed by atoms with Crippen LogP contribution in [-0.4, -0.2) is 74.2 Å². The second-order valence-corrected chi connectivity index (χ2v) is 6.94. The van der Waals surface area contributed by atoms with Gasteiger partial charge in [-0.05, 0) is 7.05 Å². The predicted octanol–water partition coefficient (Wildman–Crippen LogP) is 2.10. The number of piperazine rings is 1. The van der Waals surface area contributed by atoms with Crippen molar-refractivity contribution < 1.29 is 5.11 Å². The zero-order valence-corrected chi connectivity index (χ0v) is 15.4. The third-order valence-corrected chi connectivity index (χ3v) is 5.06. The van der Waals surface area contributed by atoms with Gasteiger partial charge < -0.3 is 10.0 Å². The Hall–Kier alpha value is -2.22. The molecule has 1 aliphatic rings. The number of imidazole rings is 1. The number of nitrogens with zero attached hydrogens (tertiary/aromatic N) is 6. The molecule has 0 saturated carbocycles. The number of aromatic hydroxyl groups is 1. The van der Waals surface area contributed by atoms with Gasteiger partial charge in [-0.15, -0.1) is 0 Å². The highest BCUT2D eigenvalue weighted by Gasteiger charge is 2.19. The quantitative estimate of drug-likeness (QED) is 0.707. The molecule has 0 radical (unpaired) electrons. The van der Waals surface area contributed by atoms with Crippen molar-refractivity contribution in [3.05, 3.63) is 35.5 Å². The third-order valence-electron chi connectivity index (χ3n) is 4.80. The molecule has 0 atom stereocenters. The lowest BCUT2D eigenvalue weighted by Gasteiger charge is -2.32. The van der Waals surface area contributed by atoms with Crippen molar-refractivity contribution in [2.75, 3.05) is 39.8 Å². The lowest BCUT2D eigenvalue weighted by atomic mass is 10.2. The molecule has 0 bridgehead atoms. The molecule has 0 spiro atoms. The number of fused-ring (bicyclic) bond motifs is 1. The molecule has 1 saturated heterocycles. The van der Waals surface area contributed by atoms with E-state index in [0.29, 0.717) is 23.5 Å². The number of likely N-dealkylation sites (N-methyl/N-ethyl adjacent to an activating group) is 1. The van der Waals surface area contributed by atoms with E-state index < -0.39 is 0 Å². The fraction of sp³-hybridized carbons (Fsp3) is 0.389. The lowest BCUT2D eigenvalue weighted by molar-refractivity contribution is 0.149. The molecule has 8 heteroatoms. The first kappa shape index (κ1) is 17.2. The first-order valence-electron chi connectivity index (χ1n) is 8.71. The Morgan fingerprint density at radius 3 is 2.46 bits per heavy atom. The van der Waals surface area contributed by atoms with E-state index in [4.69, 9.17) is 11.6 Å². The number of benzene rings is 1. The van der Waals surface area contributed by atoms with Crippen molar-refractivity contribution in [2.24, 2.45) is 0 Å². The fourth-order valence-corrected chi connectivity index (χ4v) is 3.40. The summed E-state index contributed by atoms with van der Waals surface area (Å²) < 4.78 is 1.72. The molecule has 2 aromatic heterocycles. The van der Waals surface area contributed by atoms with Crippen LogP contribution in [0.4, 0.5) is 0 Å². The number of aromatic nitrogens is 4. The molecule has 4 rings (SSSR count). The van der Waals surface area contributed by atoms with Gasteiger partial charge in [-0.3, -0.25) is 9.47 Å². The Kier molecular flexibility index (Phi) is 4.76. The van der Waals surface area contributed by atoms with Crippen LogP contribution in [0.1, 0.15) is 0 Å². The SMILES string of the molecule is CN1CCN(CCn2c(O)nc3c(Cl)nc(-c4ccccc4)nc32)CC1. The first-order chi connectivity index (χ1) is 12.6. The van der Waals surface area contributed by atoms with Crippen LogP contribution in [0.2, 0.25) is 5.15 Å². The fourth-order valence-electron chi connectivity index (χ4n) is 3.19. The van der Waals surface area contributed by atoms with Crippen LogP contribution in [0.3, 0.4) is 0 Å². The molecule has 7 nitrogen and oxygen atoms in total. The van der Waals surface area contributed by atoms with E-state index >= 15 is 0 Å². The van der Waals surface area contributed by atoms with Crippen LogP contribution in [0.25, 0.3) is 22.6 Å². The van der Waals surface area contributed by atoms with Crippen LogP contribution >= 0.6 is 11.6 Å². The minimum atomic E-state index is -0.0736. The van der Waals surface area contributed by atoms with E-state index in [1.165, 1.54) is 0 Å². The third kappa shape index (κ3) is 3.38. The highest BCUT2D eigenvalue weighted by Crippen LogP contribution is 2.27. The number of halogens is 1. The van der Waals surface area contributed by atoms with Crippen LogP contribution in [0, 0.1) is 0 Å². The van der Waals surface area contributed by atoms with Crippen LogP contribution in [-0.2, 0) is 6.54 Å². The summed E-state index contributed by atoms with van der Waals surface area (Å²) in [4.78, 5) is 17.8. The second kappa shape index (κ2) is 7.19. The topological polar surface area (TPSA) is 70.3 Å². The van der Waals surface area contributed by atoms with Crippen LogP contribution in [0.5, 0.6) is 6.01 Å². The highest BCUT2D eigenvalue weighted by atomic mass is 35.5. The van der Waals surface area contributed by atoms with Crippen molar-refractivity contribution >= 4 is 22.8 Å². The largest absolute Gasteiger partial charge is 0.480 e. The molecule has 0 aliphatic carbocycles. The summed E-state index contributed by atoms with van der Waals surface area (Å²) in [5.41, 5.74) is 1.88. The molecule has 26 heavy (non-hydrogen) atoms. The molecule has 1 N–H and O–H groups in total. The molecule has 1 aromatic carbocycles. The van der Waals surface area contributed by atoms with E-state index in [1.54, 1.807) is 4.57 Å². The summed E-state index contributed by atoms with van der Waals surface area (Å²) in [6.07, 6.45) is 0. The van der Waals surface area contributed by atoms with Gasteiger partial charge in [0.15, 0.2) is 16.6 Å². The Morgan fingerprint density at radius 1 is 1.00 bits per heavy atom. The first-order valence-corrected chi connectivity index (χ1v) is 9.08. The van der Waals surface area contributed by atoms with Gasteiger partial charge in [-0.25, -0.2) is 9.97 Å². The van der Waals surface area contributed by atoms with E-state index in [1.807, 2.05) is 30.3 Å². The molecule has 3 heterocycles. The van der Waals surface area contributed by atoms with E-state index in [0.717, 1.165) is 38.3 Å². The van der Waals surface area contributed by atoms with E-state index in [9.17, 15) is 5.11 Å². The minimum Gasteiger partial charge on any atom is -0.480 e. The molecule has 0 amide bonds. The number of hydrogen-bond donors (Lipinski definition) is 1. The molecule has 136 valence electrons. The van der Waals surface area contributed by atoms with Gasteiger partial charge in [0.2, 0.25) is 0 Å². The normalized spacial score (nSPS) is 16.4. The standard InChI is InChI=1S/C18H21ClN6O/c1-23-7-9-24(10-8-23)11-12-25-17-14(20-18(25)26)15(19)21-16(22-17)13-5-3-2-4-6-13/h2-6H,7-12H2,1H3,(H,20,26). The Balaban J connectivity index is 1.64. The summed E-state index contributed by atoms with van der Waals surface area (Å²) >= 11 is 6.31. The van der Waals surface area contributed by atoms with Gasteiger partial charge >= 0.3 is 0 Å². The summed E-state index contributed by atoms with van der Waals surface area (Å²) in [6.45, 7) is 5.60. The Bertz CT molecular complexity index is 905. The van der Waals surface area contributed by atoms with Gasteiger partial charge in [0, 0.05) is 44.8 Å². The predicted molar refractivity (Wildman–Crippen MR) is 101 cm³/mol. The molecular formula is C18H21ClN6O. The average Bonchev–Trinajstić information content (AvgIpc) is 2.98. The van der Waals surface area contributed by atoms with E-state index in [2.05, 4.69) is 31.8 Å². The summed E-state index contributed by atoms with van der Waals surface area (Å²) in [7, 11) is 2.14. The summed E-state index contributed by atoms with van der Waals surface area (Å²) in [6, 6.07) is 9.59. The number of rotatable bonds is 4. The lowest BCUT2D eigenvalue weighted by Crippen LogP contribution is -2.45. The van der Waals surface area contributed by atoms with Gasteiger partial charge in [-0.1, -0.05) is 41.9 Å². The molecule has 1 aliphatic heterocycles. The van der Waals surface area contributed by atoms with Crippen LogP contribution in [0.15, 0.2) is 30.3 Å². The maximum absolute atomic E-state index is 10.3. The Labute approximate surface area is 156 Å². The smallest absolute Gasteiger partial charge is 0.296 e. The van der Waals surface area contributed by atoms with E-state index in [-0.39, 0.29) is 11.2 Å². The molecule has 3 aromatic rings. The highest BCUT2D eigenvalue weighted by molar-refractivity contribution is 6.33. The van der Waals surface area contributed by atoms with Gasteiger partial charge in [0.1, 0.15) is 5.52 Å². The number of hydrogen-bond acceptors (Lipinski definition) is 6. The second-order valence-electron chi connectivity index (χ2n) is 6.58. The van der Waals surface area contributed by atoms with Gasteiger partial charge in [0.05, 0.1) is 0 Å². The zero-order valence-electron chi connectivity index (χ0n) is 14.6. The minimum absolute atomic E-state index is 0.0736. The average molecular weight is 373 g/mol. The molecule has 0 unspecified atom stereocenters. The Morgan fingerprint density at radius 2 is 1.73 bits per heavy atom. The van der Waals surface area contributed by atoms with Crippen LogP contribution < -0.4 is 0 Å². The van der Waals surface area contributed by atoms with Crippen molar-refractivity contribution in [3.8, 4) is 17.4 Å². The van der Waals surface area contributed by atoms with Gasteiger partial charge in [-0.2, -0.15) is 4.98 Å². The van der Waals surface area contributed by atoms with Crippen molar-refractivity contribution in [3.63, 3.8) is 0 Å². The summed E-state index contributed by atoms with van der Waals surface area (Å²) in [5.74, 6) is 0.531. The van der Waals surface area contributed by atoms with Crippen molar-refractivity contribution in [1.82, 2.24) is 29.3 Å².